The fraction of sp³-hybridized carbons (Fsp3) is 0.500. The molecule has 0 amide bonds. The van der Waals surface area contributed by atoms with Gasteiger partial charge in [0.05, 0.1) is 0 Å². The maximum atomic E-state index is 12.9. The number of hydrogen-bond acceptors (Lipinski definition) is 1. The van der Waals surface area contributed by atoms with E-state index in [0.29, 0.717) is 6.04 Å². The summed E-state index contributed by atoms with van der Waals surface area (Å²) in [5, 5.41) is 3.37. The molecule has 2 unspecified atom stereocenters. The minimum atomic E-state index is -0.166. The molecule has 1 saturated carbocycles. The number of nitrogens with one attached hydrogen (secondary N) is 1. The average molecular weight is 193 g/mol. The van der Waals surface area contributed by atoms with Gasteiger partial charge < -0.3 is 5.32 Å². The monoisotopic (exact) mass is 193 g/mol. The summed E-state index contributed by atoms with van der Waals surface area (Å²) < 4.78 is 12.9. The summed E-state index contributed by atoms with van der Waals surface area (Å²) in [6, 6.07) is 7.24. The molecule has 14 heavy (non-hydrogen) atoms. The highest BCUT2D eigenvalue weighted by molar-refractivity contribution is 5.44. The van der Waals surface area contributed by atoms with Gasteiger partial charge in [-0.3, -0.25) is 0 Å². The van der Waals surface area contributed by atoms with Crippen LogP contribution in [0.5, 0.6) is 0 Å². The Balaban J connectivity index is 1.97. The van der Waals surface area contributed by atoms with Crippen LogP contribution in [0.25, 0.3) is 0 Å². The van der Waals surface area contributed by atoms with Crippen LogP contribution < -0.4 is 5.32 Å². The summed E-state index contributed by atoms with van der Waals surface area (Å²) in [6.07, 6.45) is 3.70. The summed E-state index contributed by atoms with van der Waals surface area (Å²) in [7, 11) is 0. The molecule has 76 valence electrons. The van der Waals surface area contributed by atoms with Crippen molar-refractivity contribution < 1.29 is 4.39 Å². The maximum Gasteiger partial charge on any atom is 0.125 e. The van der Waals surface area contributed by atoms with E-state index in [1.807, 2.05) is 6.07 Å². The van der Waals surface area contributed by atoms with E-state index in [4.69, 9.17) is 0 Å². The molecule has 1 aliphatic rings. The second kappa shape index (κ2) is 3.99. The maximum absolute atomic E-state index is 12.9. The summed E-state index contributed by atoms with van der Waals surface area (Å²) in [5.41, 5.74) is 0.907. The Labute approximate surface area is 84.3 Å². The molecule has 0 aromatic heterocycles. The van der Waals surface area contributed by atoms with Crippen LogP contribution in [0.1, 0.15) is 26.2 Å². The lowest BCUT2D eigenvalue weighted by Gasteiger charge is -2.13. The van der Waals surface area contributed by atoms with Crippen LogP contribution in [0.4, 0.5) is 10.1 Å². The van der Waals surface area contributed by atoms with Crippen LogP contribution in [0.15, 0.2) is 24.3 Å². The highest BCUT2D eigenvalue weighted by Gasteiger charge is 2.20. The second-order valence-electron chi connectivity index (χ2n) is 4.27. The van der Waals surface area contributed by atoms with Gasteiger partial charge in [0.15, 0.2) is 0 Å². The fourth-order valence-corrected chi connectivity index (χ4v) is 2.15. The molecule has 0 aliphatic heterocycles. The Morgan fingerprint density at radius 3 is 2.86 bits per heavy atom. The van der Waals surface area contributed by atoms with Crippen molar-refractivity contribution in [2.45, 2.75) is 32.2 Å². The smallest absolute Gasteiger partial charge is 0.125 e. The minimum absolute atomic E-state index is 0.166. The van der Waals surface area contributed by atoms with Gasteiger partial charge in [0.2, 0.25) is 0 Å². The molecule has 2 atom stereocenters. The van der Waals surface area contributed by atoms with Gasteiger partial charge in [-0.2, -0.15) is 0 Å². The molecule has 0 heterocycles. The van der Waals surface area contributed by atoms with Crippen molar-refractivity contribution in [2.75, 3.05) is 5.32 Å². The summed E-state index contributed by atoms with van der Waals surface area (Å²) >= 11 is 0. The molecular formula is C12H16FN. The first-order valence-electron chi connectivity index (χ1n) is 5.26. The van der Waals surface area contributed by atoms with Crippen LogP contribution in [0.2, 0.25) is 0 Å². The molecule has 1 aromatic rings. The van der Waals surface area contributed by atoms with Crippen LogP contribution in [-0.2, 0) is 0 Å². The number of rotatable bonds is 2. The van der Waals surface area contributed by atoms with E-state index < -0.39 is 0 Å². The third kappa shape index (κ3) is 2.25. The first kappa shape index (κ1) is 9.50. The molecule has 0 radical (unpaired) electrons. The Bertz CT molecular complexity index is 311. The zero-order chi connectivity index (χ0) is 9.97. The van der Waals surface area contributed by atoms with Crippen LogP contribution in [0, 0.1) is 11.7 Å². The standard InChI is InChI=1S/C12H16FN/c1-9-5-6-12(7-9)14-11-4-2-3-10(13)8-11/h2-4,8-9,12,14H,5-7H2,1H3. The number of benzene rings is 1. The number of hydrogen-bond donors (Lipinski definition) is 1. The fourth-order valence-electron chi connectivity index (χ4n) is 2.15. The van der Waals surface area contributed by atoms with Crippen LogP contribution in [0.3, 0.4) is 0 Å². The van der Waals surface area contributed by atoms with E-state index in [-0.39, 0.29) is 5.82 Å². The third-order valence-corrected chi connectivity index (χ3v) is 2.89. The number of anilines is 1. The molecule has 1 aromatic carbocycles. The van der Waals surface area contributed by atoms with Gasteiger partial charge in [0.1, 0.15) is 5.82 Å². The van der Waals surface area contributed by atoms with E-state index in [1.54, 1.807) is 12.1 Å². The predicted octanol–water partition coefficient (Wildman–Crippen LogP) is 3.43. The molecule has 1 N–H and O–H groups in total. The van der Waals surface area contributed by atoms with Gasteiger partial charge in [0.25, 0.3) is 0 Å². The lowest BCUT2D eigenvalue weighted by atomic mass is 10.1. The normalized spacial score (nSPS) is 26.4. The largest absolute Gasteiger partial charge is 0.382 e. The van der Waals surface area contributed by atoms with Crippen molar-refractivity contribution in [3.05, 3.63) is 30.1 Å². The highest BCUT2D eigenvalue weighted by Crippen LogP contribution is 2.27. The molecule has 0 spiro atoms. The Morgan fingerprint density at radius 1 is 1.36 bits per heavy atom. The van der Waals surface area contributed by atoms with Crippen molar-refractivity contribution in [1.29, 1.82) is 0 Å². The molecule has 2 rings (SSSR count). The highest BCUT2D eigenvalue weighted by atomic mass is 19.1. The van der Waals surface area contributed by atoms with Crippen molar-refractivity contribution >= 4 is 5.69 Å². The van der Waals surface area contributed by atoms with Gasteiger partial charge in [-0.15, -0.1) is 0 Å². The summed E-state index contributed by atoms with van der Waals surface area (Å²) in [6.45, 7) is 2.27. The van der Waals surface area contributed by atoms with Crippen molar-refractivity contribution in [3.8, 4) is 0 Å². The SMILES string of the molecule is CC1CCC(Nc2cccc(F)c2)C1. The van der Waals surface area contributed by atoms with Gasteiger partial charge >= 0.3 is 0 Å². The first-order chi connectivity index (χ1) is 6.74. The van der Waals surface area contributed by atoms with Crippen molar-refractivity contribution in [2.24, 2.45) is 5.92 Å². The second-order valence-corrected chi connectivity index (χ2v) is 4.27. The molecule has 1 aliphatic carbocycles. The molecule has 2 heteroatoms. The van der Waals surface area contributed by atoms with Gasteiger partial charge in [0, 0.05) is 11.7 Å². The minimum Gasteiger partial charge on any atom is -0.382 e. The zero-order valence-corrected chi connectivity index (χ0v) is 8.46. The third-order valence-electron chi connectivity index (χ3n) is 2.89. The summed E-state index contributed by atoms with van der Waals surface area (Å²) in [4.78, 5) is 0. The van der Waals surface area contributed by atoms with E-state index in [2.05, 4.69) is 12.2 Å². The molecule has 0 saturated heterocycles. The molecule has 0 bridgehead atoms. The lowest BCUT2D eigenvalue weighted by molar-refractivity contribution is 0.602. The van der Waals surface area contributed by atoms with E-state index >= 15 is 0 Å². The first-order valence-corrected chi connectivity index (χ1v) is 5.26. The lowest BCUT2D eigenvalue weighted by Crippen LogP contribution is -2.15. The average Bonchev–Trinajstić information content (AvgIpc) is 2.51. The Hall–Kier alpha value is -1.05. The van der Waals surface area contributed by atoms with Gasteiger partial charge in [-0.05, 0) is 43.4 Å². The van der Waals surface area contributed by atoms with Crippen molar-refractivity contribution in [1.82, 2.24) is 0 Å². The van der Waals surface area contributed by atoms with E-state index in [0.717, 1.165) is 11.6 Å². The Kier molecular flexibility index (Phi) is 2.71. The van der Waals surface area contributed by atoms with Gasteiger partial charge in [-0.1, -0.05) is 13.0 Å². The topological polar surface area (TPSA) is 12.0 Å². The Morgan fingerprint density at radius 2 is 2.21 bits per heavy atom. The van der Waals surface area contributed by atoms with Crippen molar-refractivity contribution in [3.63, 3.8) is 0 Å². The van der Waals surface area contributed by atoms with E-state index in [1.165, 1.54) is 25.3 Å². The predicted molar refractivity (Wildman–Crippen MR) is 56.8 cm³/mol. The summed E-state index contributed by atoms with van der Waals surface area (Å²) in [5.74, 6) is 0.641. The molecular weight excluding hydrogens is 177 g/mol. The zero-order valence-electron chi connectivity index (χ0n) is 8.46. The van der Waals surface area contributed by atoms with E-state index in [9.17, 15) is 4.39 Å². The number of halogens is 1. The van der Waals surface area contributed by atoms with Crippen LogP contribution >= 0.6 is 0 Å². The van der Waals surface area contributed by atoms with Crippen LogP contribution in [-0.4, -0.2) is 6.04 Å². The quantitative estimate of drug-likeness (QED) is 0.758. The molecule has 1 fully saturated rings. The van der Waals surface area contributed by atoms with Gasteiger partial charge in [-0.25, -0.2) is 4.39 Å². The molecule has 1 nitrogen and oxygen atoms in total.